The zero-order valence-electron chi connectivity index (χ0n) is 9.02. The van der Waals surface area contributed by atoms with E-state index in [0.29, 0.717) is 0 Å². The summed E-state index contributed by atoms with van der Waals surface area (Å²) in [5.41, 5.74) is 4.42. The van der Waals surface area contributed by atoms with Gasteiger partial charge in [0.05, 0.1) is 5.69 Å². The second-order valence-corrected chi connectivity index (χ2v) is 3.33. The van der Waals surface area contributed by atoms with Gasteiger partial charge in [-0.15, -0.1) is 17.5 Å². The molecule has 1 aromatic carbocycles. The Labute approximate surface area is 109 Å². The first-order valence-electron chi connectivity index (χ1n) is 4.57. The van der Waals surface area contributed by atoms with Gasteiger partial charge in [0, 0.05) is 18.0 Å². The Kier molecular flexibility index (Phi) is 4.38. The van der Waals surface area contributed by atoms with Gasteiger partial charge >= 0.3 is 12.4 Å². The van der Waals surface area contributed by atoms with Crippen LogP contribution in [0.2, 0.25) is 0 Å². The number of carbonyl (C=O) groups excluding carboxylic acids is 2. The van der Waals surface area contributed by atoms with Crippen LogP contribution in [0, 0.1) is 0 Å². The summed E-state index contributed by atoms with van der Waals surface area (Å²) < 4.78 is 42.8. The van der Waals surface area contributed by atoms with Crippen molar-refractivity contribution in [2.75, 3.05) is 5.32 Å². The van der Waals surface area contributed by atoms with Gasteiger partial charge in [-0.2, -0.15) is 0 Å². The minimum atomic E-state index is -4.96. The van der Waals surface area contributed by atoms with Crippen LogP contribution in [-0.2, 0) is 12.4 Å². The maximum atomic E-state index is 12.1. The van der Waals surface area contributed by atoms with Gasteiger partial charge in [0.15, 0.2) is 5.75 Å². The van der Waals surface area contributed by atoms with Crippen molar-refractivity contribution in [2.45, 2.75) is 6.36 Å². The Bertz CT molecular complexity index is 533. The monoisotopic (exact) mass is 293 g/mol. The Morgan fingerprint density at radius 3 is 2.47 bits per heavy atom. The molecule has 0 aliphatic rings. The third kappa shape index (κ3) is 4.50. The Morgan fingerprint density at radius 1 is 1.37 bits per heavy atom. The normalized spacial score (nSPS) is 10.7. The highest BCUT2D eigenvalue weighted by atomic mass is 32.1. The van der Waals surface area contributed by atoms with Crippen molar-refractivity contribution in [3.8, 4) is 5.75 Å². The predicted octanol–water partition coefficient (Wildman–Crippen LogP) is 1.95. The SMILES string of the molecule is NC(=O)c1ccc(OC(F)(F)F)c(NC(=O)N=S)c1. The van der Waals surface area contributed by atoms with Crippen LogP contribution >= 0.6 is 0 Å². The fourth-order valence-corrected chi connectivity index (χ4v) is 1.18. The fraction of sp³-hybridized carbons (Fsp3) is 0.111. The molecular weight excluding hydrogens is 287 g/mol. The molecule has 0 aliphatic carbocycles. The van der Waals surface area contributed by atoms with Crippen molar-refractivity contribution in [3.63, 3.8) is 0 Å². The number of anilines is 1. The zero-order chi connectivity index (χ0) is 14.6. The molecule has 3 N–H and O–H groups in total. The number of nitrogens with zero attached hydrogens (tertiary/aromatic N) is 1. The molecule has 0 unspecified atom stereocenters. The second kappa shape index (κ2) is 5.61. The van der Waals surface area contributed by atoms with E-state index in [1.807, 2.05) is 5.32 Å². The molecule has 0 atom stereocenters. The van der Waals surface area contributed by atoms with Crippen LogP contribution in [0.5, 0.6) is 5.75 Å². The van der Waals surface area contributed by atoms with Crippen LogP contribution < -0.4 is 15.8 Å². The summed E-state index contributed by atoms with van der Waals surface area (Å²) in [5, 5.41) is 1.94. The number of urea groups is 1. The fourth-order valence-electron chi connectivity index (χ4n) is 1.13. The van der Waals surface area contributed by atoms with E-state index in [9.17, 15) is 22.8 Å². The summed E-state index contributed by atoms with van der Waals surface area (Å²) in [6.07, 6.45) is -4.96. The Balaban J connectivity index is 3.18. The van der Waals surface area contributed by atoms with Gasteiger partial charge in [-0.1, -0.05) is 0 Å². The number of amides is 3. The maximum absolute atomic E-state index is 12.1. The van der Waals surface area contributed by atoms with E-state index in [1.165, 1.54) is 0 Å². The first-order chi connectivity index (χ1) is 8.73. The summed E-state index contributed by atoms with van der Waals surface area (Å²) in [4.78, 5) is 21.9. The molecule has 3 amide bonds. The van der Waals surface area contributed by atoms with Crippen molar-refractivity contribution < 1.29 is 27.5 Å². The lowest BCUT2D eigenvalue weighted by molar-refractivity contribution is -0.274. The molecule has 0 radical (unpaired) electrons. The van der Waals surface area contributed by atoms with Gasteiger partial charge in [0.1, 0.15) is 0 Å². The number of hydrogen-bond donors (Lipinski definition) is 2. The number of nitrogens with one attached hydrogen (secondary N) is 1. The number of rotatable bonds is 3. The summed E-state index contributed by atoms with van der Waals surface area (Å²) in [5.74, 6) is -1.60. The van der Waals surface area contributed by atoms with E-state index in [1.54, 1.807) is 0 Å². The third-order valence-electron chi connectivity index (χ3n) is 1.81. The molecule has 1 rings (SSSR count). The molecule has 0 aromatic heterocycles. The third-order valence-corrected chi connectivity index (χ3v) is 1.98. The molecule has 102 valence electrons. The molecule has 0 fully saturated rings. The van der Waals surface area contributed by atoms with E-state index in [0.717, 1.165) is 18.2 Å². The van der Waals surface area contributed by atoms with Crippen LogP contribution in [0.3, 0.4) is 0 Å². The van der Waals surface area contributed by atoms with Crippen LogP contribution in [0.1, 0.15) is 10.4 Å². The number of primary amides is 1. The number of alkyl halides is 3. The number of halogens is 3. The highest BCUT2D eigenvalue weighted by Crippen LogP contribution is 2.31. The van der Waals surface area contributed by atoms with E-state index >= 15 is 0 Å². The number of ether oxygens (including phenoxy) is 1. The molecule has 0 saturated heterocycles. The molecule has 0 heterocycles. The molecule has 1 aromatic rings. The summed E-state index contributed by atoms with van der Waals surface area (Å²) in [7, 11) is 0. The number of carbonyl (C=O) groups is 2. The van der Waals surface area contributed by atoms with Gasteiger partial charge in [0.25, 0.3) is 0 Å². The molecule has 0 spiro atoms. The van der Waals surface area contributed by atoms with Crippen LogP contribution in [0.15, 0.2) is 22.6 Å². The van der Waals surface area contributed by atoms with E-state index in [-0.39, 0.29) is 5.56 Å². The van der Waals surface area contributed by atoms with Gasteiger partial charge in [-0.3, -0.25) is 4.79 Å². The van der Waals surface area contributed by atoms with Gasteiger partial charge < -0.3 is 15.8 Å². The first kappa shape index (κ1) is 14.8. The van der Waals surface area contributed by atoms with Crippen LogP contribution in [0.25, 0.3) is 0 Å². The molecule has 0 bridgehead atoms. The first-order valence-corrected chi connectivity index (χ1v) is 4.93. The molecular formula is C9H6F3N3O3S. The lowest BCUT2D eigenvalue weighted by Crippen LogP contribution is -2.19. The van der Waals surface area contributed by atoms with E-state index in [4.69, 9.17) is 5.73 Å². The molecule has 0 saturated carbocycles. The smallest absolute Gasteiger partial charge is 0.404 e. The second-order valence-electron chi connectivity index (χ2n) is 3.14. The van der Waals surface area contributed by atoms with Crippen molar-refractivity contribution in [2.24, 2.45) is 10.1 Å². The predicted molar refractivity (Wildman–Crippen MR) is 60.5 cm³/mol. The topological polar surface area (TPSA) is 93.8 Å². The minimum Gasteiger partial charge on any atom is -0.404 e. The minimum absolute atomic E-state index is 0.116. The van der Waals surface area contributed by atoms with E-state index in [2.05, 4.69) is 21.5 Å². The highest BCUT2D eigenvalue weighted by Gasteiger charge is 2.32. The number of benzene rings is 1. The number of nitrogens with two attached hydrogens (primary N) is 1. The summed E-state index contributed by atoms with van der Waals surface area (Å²) in [6, 6.07) is 1.70. The van der Waals surface area contributed by atoms with Crippen molar-refractivity contribution in [3.05, 3.63) is 23.8 Å². The molecule has 19 heavy (non-hydrogen) atoms. The van der Waals surface area contributed by atoms with Crippen molar-refractivity contribution in [1.82, 2.24) is 0 Å². The van der Waals surface area contributed by atoms with Gasteiger partial charge in [-0.05, 0) is 18.2 Å². The quantitative estimate of drug-likeness (QED) is 0.890. The molecule has 6 nitrogen and oxygen atoms in total. The highest BCUT2D eigenvalue weighted by molar-refractivity contribution is 7.47. The zero-order valence-corrected chi connectivity index (χ0v) is 9.84. The maximum Gasteiger partial charge on any atom is 0.573 e. The Morgan fingerprint density at radius 2 is 2.00 bits per heavy atom. The van der Waals surface area contributed by atoms with Crippen LogP contribution in [0.4, 0.5) is 23.7 Å². The van der Waals surface area contributed by atoms with Crippen molar-refractivity contribution in [1.29, 1.82) is 0 Å². The van der Waals surface area contributed by atoms with E-state index < -0.39 is 29.7 Å². The average Bonchev–Trinajstić information content (AvgIpc) is 2.29. The summed E-state index contributed by atoms with van der Waals surface area (Å²) in [6.45, 7) is 0. The lowest BCUT2D eigenvalue weighted by atomic mass is 10.2. The van der Waals surface area contributed by atoms with Gasteiger partial charge in [0.2, 0.25) is 5.91 Å². The summed E-state index contributed by atoms with van der Waals surface area (Å²) >= 11 is 4.07. The largest absolute Gasteiger partial charge is 0.573 e. The molecule has 10 heteroatoms. The number of hydrogen-bond acceptors (Lipinski definition) is 4. The van der Waals surface area contributed by atoms with Gasteiger partial charge in [-0.25, -0.2) is 4.79 Å². The Hall–Kier alpha value is -2.23. The van der Waals surface area contributed by atoms with Crippen LogP contribution in [-0.4, -0.2) is 18.3 Å². The molecule has 0 aliphatic heterocycles. The average molecular weight is 293 g/mol. The van der Waals surface area contributed by atoms with Crippen molar-refractivity contribution >= 4 is 30.1 Å². The standard InChI is InChI=1S/C9H6F3N3O3S/c10-9(11,12)18-6-2-1-4(7(13)16)3-5(6)14-8(17)15-19/h1-3H,(H2,13,16)(H,14,17). The lowest BCUT2D eigenvalue weighted by Gasteiger charge is -2.13.